The van der Waals surface area contributed by atoms with Crippen molar-refractivity contribution in [3.8, 4) is 17.2 Å². The van der Waals surface area contributed by atoms with Gasteiger partial charge in [0, 0.05) is 18.2 Å². The highest BCUT2D eigenvalue weighted by molar-refractivity contribution is 5.95. The van der Waals surface area contributed by atoms with Crippen LogP contribution in [0.3, 0.4) is 0 Å². The summed E-state index contributed by atoms with van der Waals surface area (Å²) in [6.45, 7) is 1.52. The van der Waals surface area contributed by atoms with Crippen LogP contribution in [0.5, 0.6) is 17.2 Å². The molecule has 0 saturated carbocycles. The summed E-state index contributed by atoms with van der Waals surface area (Å²) in [4.78, 5) is 24.4. The minimum absolute atomic E-state index is 0.147. The Morgan fingerprint density at radius 2 is 1.61 bits per heavy atom. The first-order valence-electron chi connectivity index (χ1n) is 8.82. The molecule has 7 heteroatoms. The lowest BCUT2D eigenvalue weighted by Crippen LogP contribution is -2.30. The first kappa shape index (κ1) is 21.1. The number of rotatable bonds is 9. The lowest BCUT2D eigenvalue weighted by atomic mass is 10.1. The Hall–Kier alpha value is -3.22. The summed E-state index contributed by atoms with van der Waals surface area (Å²) in [5.41, 5.74) is 1.42. The largest absolute Gasteiger partial charge is 0.496 e. The van der Waals surface area contributed by atoms with E-state index in [1.54, 1.807) is 25.3 Å². The van der Waals surface area contributed by atoms with Gasteiger partial charge in [0.25, 0.3) is 5.91 Å². The maximum absolute atomic E-state index is 12.3. The first-order chi connectivity index (χ1) is 13.5. The highest BCUT2D eigenvalue weighted by atomic mass is 16.5. The zero-order valence-corrected chi connectivity index (χ0v) is 16.5. The Morgan fingerprint density at radius 3 is 2.29 bits per heavy atom. The number of esters is 1. The molecule has 0 aliphatic rings. The SMILES string of the molecule is COc1ccccc1CCC(=O)O[C@@H](C)C(=O)Nc1ccc(OC)c(OC)c1. The highest BCUT2D eigenvalue weighted by Crippen LogP contribution is 2.29. The number of hydrogen-bond acceptors (Lipinski definition) is 6. The minimum Gasteiger partial charge on any atom is -0.496 e. The maximum atomic E-state index is 12.3. The minimum atomic E-state index is -0.932. The van der Waals surface area contributed by atoms with Gasteiger partial charge in [-0.3, -0.25) is 9.59 Å². The number of carbonyl (C=O) groups excluding carboxylic acids is 2. The lowest BCUT2D eigenvalue weighted by Gasteiger charge is -2.15. The Balaban J connectivity index is 1.88. The van der Waals surface area contributed by atoms with Gasteiger partial charge in [-0.15, -0.1) is 0 Å². The van der Waals surface area contributed by atoms with E-state index in [0.29, 0.717) is 23.6 Å². The van der Waals surface area contributed by atoms with Gasteiger partial charge >= 0.3 is 5.97 Å². The number of anilines is 1. The third-order valence-electron chi connectivity index (χ3n) is 4.12. The van der Waals surface area contributed by atoms with Crippen LogP contribution in [-0.4, -0.2) is 39.3 Å². The van der Waals surface area contributed by atoms with E-state index in [1.165, 1.54) is 21.1 Å². The Labute approximate surface area is 164 Å². The van der Waals surface area contributed by atoms with Gasteiger partial charge in [0.05, 0.1) is 21.3 Å². The molecular weight excluding hydrogens is 362 g/mol. The molecule has 0 aliphatic heterocycles. The Kier molecular flexibility index (Phi) is 7.68. The molecule has 0 spiro atoms. The first-order valence-corrected chi connectivity index (χ1v) is 8.82. The van der Waals surface area contributed by atoms with E-state index >= 15 is 0 Å². The molecule has 0 unspecified atom stereocenters. The monoisotopic (exact) mass is 387 g/mol. The van der Waals surface area contributed by atoms with Crippen molar-refractivity contribution in [2.45, 2.75) is 25.9 Å². The van der Waals surface area contributed by atoms with E-state index in [4.69, 9.17) is 18.9 Å². The number of carbonyl (C=O) groups is 2. The van der Waals surface area contributed by atoms with E-state index in [1.807, 2.05) is 24.3 Å². The molecule has 150 valence electrons. The normalized spacial score (nSPS) is 11.3. The Bertz CT molecular complexity index is 820. The molecule has 1 N–H and O–H groups in total. The molecule has 28 heavy (non-hydrogen) atoms. The summed E-state index contributed by atoms with van der Waals surface area (Å²) < 4.78 is 20.9. The van der Waals surface area contributed by atoms with Crippen molar-refractivity contribution in [3.63, 3.8) is 0 Å². The van der Waals surface area contributed by atoms with Crippen LogP contribution in [0.2, 0.25) is 0 Å². The molecule has 2 rings (SSSR count). The average Bonchev–Trinajstić information content (AvgIpc) is 2.72. The fraction of sp³-hybridized carbons (Fsp3) is 0.333. The molecule has 1 atom stereocenters. The van der Waals surface area contributed by atoms with Gasteiger partial charge in [0.15, 0.2) is 17.6 Å². The summed E-state index contributed by atoms with van der Waals surface area (Å²) in [6.07, 6.45) is -0.320. The highest BCUT2D eigenvalue weighted by Gasteiger charge is 2.19. The van der Waals surface area contributed by atoms with Crippen LogP contribution in [-0.2, 0) is 20.7 Å². The predicted octanol–water partition coefficient (Wildman–Crippen LogP) is 3.22. The number of hydrogen-bond donors (Lipinski definition) is 1. The fourth-order valence-electron chi connectivity index (χ4n) is 2.61. The zero-order valence-electron chi connectivity index (χ0n) is 16.5. The van der Waals surface area contributed by atoms with Crippen molar-refractivity contribution in [2.75, 3.05) is 26.6 Å². The van der Waals surface area contributed by atoms with Crippen LogP contribution < -0.4 is 19.5 Å². The Morgan fingerprint density at radius 1 is 0.929 bits per heavy atom. The van der Waals surface area contributed by atoms with Crippen LogP contribution in [0.4, 0.5) is 5.69 Å². The second-order valence-corrected chi connectivity index (χ2v) is 6.00. The van der Waals surface area contributed by atoms with Crippen LogP contribution in [0.15, 0.2) is 42.5 Å². The van der Waals surface area contributed by atoms with Crippen LogP contribution in [0.1, 0.15) is 18.9 Å². The predicted molar refractivity (Wildman–Crippen MR) is 105 cm³/mol. The standard InChI is InChI=1S/C21H25NO6/c1-14(21(24)22-16-10-11-18(26-3)19(13-16)27-4)28-20(23)12-9-15-7-5-6-8-17(15)25-2/h5-8,10-11,13-14H,9,12H2,1-4H3,(H,22,24)/t14-/m0/s1. The van der Waals surface area contributed by atoms with Gasteiger partial charge < -0.3 is 24.3 Å². The van der Waals surface area contributed by atoms with E-state index < -0.39 is 18.0 Å². The second-order valence-electron chi connectivity index (χ2n) is 6.00. The summed E-state index contributed by atoms with van der Waals surface area (Å²) in [6, 6.07) is 12.4. The molecule has 0 saturated heterocycles. The number of benzene rings is 2. The van der Waals surface area contributed by atoms with Crippen LogP contribution >= 0.6 is 0 Å². The van der Waals surface area contributed by atoms with Crippen molar-refractivity contribution < 1.29 is 28.5 Å². The van der Waals surface area contributed by atoms with Crippen molar-refractivity contribution in [1.29, 1.82) is 0 Å². The number of aryl methyl sites for hydroxylation is 1. The maximum Gasteiger partial charge on any atom is 0.306 e. The molecule has 0 bridgehead atoms. The van der Waals surface area contributed by atoms with Crippen molar-refractivity contribution in [3.05, 3.63) is 48.0 Å². The van der Waals surface area contributed by atoms with Gasteiger partial charge in [0.1, 0.15) is 5.75 Å². The van der Waals surface area contributed by atoms with E-state index in [2.05, 4.69) is 5.32 Å². The smallest absolute Gasteiger partial charge is 0.306 e. The van der Waals surface area contributed by atoms with E-state index in [-0.39, 0.29) is 6.42 Å². The van der Waals surface area contributed by atoms with Gasteiger partial charge in [-0.05, 0) is 37.1 Å². The molecule has 0 aromatic heterocycles. The van der Waals surface area contributed by atoms with Gasteiger partial charge in [-0.25, -0.2) is 0 Å². The molecule has 7 nitrogen and oxygen atoms in total. The molecule has 2 aromatic rings. The van der Waals surface area contributed by atoms with Crippen molar-refractivity contribution in [2.24, 2.45) is 0 Å². The van der Waals surface area contributed by atoms with E-state index in [0.717, 1.165) is 11.3 Å². The number of amides is 1. The third kappa shape index (κ3) is 5.64. The molecule has 0 radical (unpaired) electrons. The molecule has 0 heterocycles. The average molecular weight is 387 g/mol. The topological polar surface area (TPSA) is 83.1 Å². The summed E-state index contributed by atoms with van der Waals surface area (Å²) in [7, 11) is 4.62. The molecular formula is C21H25NO6. The summed E-state index contributed by atoms with van der Waals surface area (Å²) >= 11 is 0. The molecule has 1 amide bonds. The molecule has 0 fully saturated rings. The van der Waals surface area contributed by atoms with Gasteiger partial charge in [0.2, 0.25) is 0 Å². The van der Waals surface area contributed by atoms with Crippen LogP contribution in [0.25, 0.3) is 0 Å². The molecule has 0 aliphatic carbocycles. The van der Waals surface area contributed by atoms with Gasteiger partial charge in [-0.2, -0.15) is 0 Å². The fourth-order valence-corrected chi connectivity index (χ4v) is 2.61. The van der Waals surface area contributed by atoms with Crippen LogP contribution in [0, 0.1) is 0 Å². The van der Waals surface area contributed by atoms with E-state index in [9.17, 15) is 9.59 Å². The summed E-state index contributed by atoms with van der Waals surface area (Å²) in [5.74, 6) is 0.867. The quantitative estimate of drug-likeness (QED) is 0.665. The number of ether oxygens (including phenoxy) is 4. The number of methoxy groups -OCH3 is 3. The lowest BCUT2D eigenvalue weighted by molar-refractivity contribution is -0.153. The summed E-state index contributed by atoms with van der Waals surface area (Å²) in [5, 5.41) is 2.69. The van der Waals surface area contributed by atoms with Crippen molar-refractivity contribution >= 4 is 17.6 Å². The second kappa shape index (κ2) is 10.2. The molecule has 2 aromatic carbocycles. The van der Waals surface area contributed by atoms with Crippen molar-refractivity contribution in [1.82, 2.24) is 0 Å². The van der Waals surface area contributed by atoms with Gasteiger partial charge in [-0.1, -0.05) is 18.2 Å². The number of para-hydroxylation sites is 1. The third-order valence-corrected chi connectivity index (χ3v) is 4.12. The zero-order chi connectivity index (χ0) is 20.5. The number of nitrogens with one attached hydrogen (secondary N) is 1.